The molecule has 1 saturated carbocycles. The van der Waals surface area contributed by atoms with E-state index in [1.165, 1.54) is 0 Å². The Hall–Kier alpha value is -0.860. The molecule has 7 nitrogen and oxygen atoms in total. The van der Waals surface area contributed by atoms with Crippen molar-refractivity contribution in [2.45, 2.75) is 69.1 Å². The number of rotatable bonds is 7. The van der Waals surface area contributed by atoms with Gasteiger partial charge in [-0.3, -0.25) is 9.59 Å². The first-order chi connectivity index (χ1) is 13.0. The average Bonchev–Trinajstić information content (AvgIpc) is 3.38. The van der Waals surface area contributed by atoms with E-state index in [1.54, 1.807) is 4.90 Å². The van der Waals surface area contributed by atoms with Crippen LogP contribution in [0, 0.1) is 5.92 Å². The van der Waals surface area contributed by atoms with Crippen molar-refractivity contribution >= 4 is 34.1 Å². The largest absolute Gasteiger partial charge is 0.354 e. The second-order valence-electron chi connectivity index (χ2n) is 8.27. The lowest BCUT2D eigenvalue weighted by molar-refractivity contribution is -0.132. The Morgan fingerprint density at radius 1 is 1.04 bits per heavy atom. The Labute approximate surface area is 174 Å². The molecular weight excluding hydrogens is 402 g/mol. The number of nitrogens with zero attached hydrogens (tertiary/aromatic N) is 1. The summed E-state index contributed by atoms with van der Waals surface area (Å²) >= 11 is 0. The molecule has 2 saturated heterocycles. The van der Waals surface area contributed by atoms with E-state index >= 15 is 0 Å². The second-order valence-corrected chi connectivity index (χ2v) is 10.7. The summed E-state index contributed by atoms with van der Waals surface area (Å²) in [4.78, 5) is 26.4. The van der Waals surface area contributed by atoms with Crippen LogP contribution in [0.4, 0.5) is 0 Å². The van der Waals surface area contributed by atoms with Gasteiger partial charge in [-0.05, 0) is 51.0 Å². The normalized spacial score (nSPS) is 26.1. The van der Waals surface area contributed by atoms with Gasteiger partial charge in [0, 0.05) is 26.1 Å². The highest BCUT2D eigenvalue weighted by atomic mass is 35.5. The van der Waals surface area contributed by atoms with Crippen LogP contribution >= 0.6 is 12.4 Å². The molecule has 2 heterocycles. The van der Waals surface area contributed by atoms with Gasteiger partial charge < -0.3 is 15.5 Å². The predicted molar refractivity (Wildman–Crippen MR) is 111 cm³/mol. The summed E-state index contributed by atoms with van der Waals surface area (Å²) in [5, 5.41) is 5.97. The molecule has 1 aliphatic carbocycles. The minimum absolute atomic E-state index is 0. The van der Waals surface area contributed by atoms with Crippen molar-refractivity contribution in [3.8, 4) is 0 Å². The summed E-state index contributed by atoms with van der Waals surface area (Å²) in [5.41, 5.74) is 0. The van der Waals surface area contributed by atoms with Crippen LogP contribution in [0.2, 0.25) is 0 Å². The van der Waals surface area contributed by atoms with Gasteiger partial charge in [0.25, 0.3) is 0 Å². The van der Waals surface area contributed by atoms with Crippen LogP contribution in [0.15, 0.2) is 0 Å². The standard InChI is InChI=1S/C19H33N3O4S.ClH/c23-18(9-12-27(25,26)16-6-1-2-7-16)22-11-4-5-15(14-22)13-21-19(24)17-8-3-10-20-17;/h15-17,20H,1-14H2,(H,21,24);1H. The molecule has 0 aromatic rings. The number of piperidine rings is 1. The molecule has 2 unspecified atom stereocenters. The molecule has 3 fully saturated rings. The van der Waals surface area contributed by atoms with Crippen LogP contribution in [-0.4, -0.2) is 68.4 Å². The van der Waals surface area contributed by atoms with Gasteiger partial charge in [-0.25, -0.2) is 8.42 Å². The van der Waals surface area contributed by atoms with Gasteiger partial charge in [0.15, 0.2) is 9.84 Å². The van der Waals surface area contributed by atoms with Gasteiger partial charge in [0.2, 0.25) is 11.8 Å². The van der Waals surface area contributed by atoms with Crippen molar-refractivity contribution in [3.63, 3.8) is 0 Å². The number of carbonyl (C=O) groups is 2. The first-order valence-corrected chi connectivity index (χ1v) is 12.2. The zero-order chi connectivity index (χ0) is 19.3. The lowest BCUT2D eigenvalue weighted by Gasteiger charge is -2.33. The van der Waals surface area contributed by atoms with Crippen LogP contribution in [-0.2, 0) is 19.4 Å². The number of hydrogen-bond acceptors (Lipinski definition) is 5. The van der Waals surface area contributed by atoms with Gasteiger partial charge in [-0.2, -0.15) is 0 Å². The summed E-state index contributed by atoms with van der Waals surface area (Å²) in [6.45, 7) is 2.78. The Balaban J connectivity index is 0.00000280. The van der Waals surface area contributed by atoms with Crippen molar-refractivity contribution in [1.29, 1.82) is 0 Å². The predicted octanol–water partition coefficient (Wildman–Crippen LogP) is 1.26. The SMILES string of the molecule is Cl.O=C(NCC1CCCN(C(=O)CCS(=O)(=O)C2CCCC2)C1)C1CCCN1. The molecule has 0 radical (unpaired) electrons. The van der Waals surface area contributed by atoms with Crippen molar-refractivity contribution in [2.75, 3.05) is 31.9 Å². The Bertz CT molecular complexity index is 631. The van der Waals surface area contributed by atoms with E-state index < -0.39 is 9.84 Å². The van der Waals surface area contributed by atoms with E-state index in [0.29, 0.717) is 19.6 Å². The van der Waals surface area contributed by atoms with E-state index in [2.05, 4.69) is 10.6 Å². The molecule has 0 spiro atoms. The van der Waals surface area contributed by atoms with Gasteiger partial charge in [-0.1, -0.05) is 12.8 Å². The maximum Gasteiger partial charge on any atom is 0.237 e. The third kappa shape index (κ3) is 6.32. The van der Waals surface area contributed by atoms with E-state index in [1.807, 2.05) is 0 Å². The Morgan fingerprint density at radius 3 is 2.46 bits per heavy atom. The first kappa shape index (κ1) is 23.4. The quantitative estimate of drug-likeness (QED) is 0.627. The van der Waals surface area contributed by atoms with Gasteiger partial charge in [0.1, 0.15) is 0 Å². The van der Waals surface area contributed by atoms with Crippen LogP contribution in [0.25, 0.3) is 0 Å². The first-order valence-electron chi connectivity index (χ1n) is 10.5. The van der Waals surface area contributed by atoms with Crippen LogP contribution in [0.5, 0.6) is 0 Å². The topological polar surface area (TPSA) is 95.6 Å². The second kappa shape index (κ2) is 10.8. The van der Waals surface area contributed by atoms with Crippen molar-refractivity contribution in [1.82, 2.24) is 15.5 Å². The monoisotopic (exact) mass is 435 g/mol. The fourth-order valence-electron chi connectivity index (χ4n) is 4.54. The third-order valence-corrected chi connectivity index (χ3v) is 8.48. The van der Waals surface area contributed by atoms with Gasteiger partial charge in [0.05, 0.1) is 17.0 Å². The number of nitrogens with one attached hydrogen (secondary N) is 2. The Kier molecular flexibility index (Phi) is 9.02. The summed E-state index contributed by atoms with van der Waals surface area (Å²) in [6, 6.07) is -0.0767. The zero-order valence-electron chi connectivity index (χ0n) is 16.5. The van der Waals surface area contributed by atoms with Gasteiger partial charge >= 0.3 is 0 Å². The molecule has 2 N–H and O–H groups in total. The molecule has 0 aromatic heterocycles. The smallest absolute Gasteiger partial charge is 0.237 e. The third-order valence-electron chi connectivity index (χ3n) is 6.22. The van der Waals surface area contributed by atoms with Crippen LogP contribution in [0.3, 0.4) is 0 Å². The minimum Gasteiger partial charge on any atom is -0.354 e. The molecule has 3 aliphatic rings. The fourth-order valence-corrected chi connectivity index (χ4v) is 6.38. The number of sulfone groups is 1. The van der Waals surface area contributed by atoms with E-state index in [0.717, 1.165) is 57.9 Å². The molecule has 9 heteroatoms. The molecule has 162 valence electrons. The number of amides is 2. The summed E-state index contributed by atoms with van der Waals surface area (Å²) in [5.74, 6) is 0.213. The summed E-state index contributed by atoms with van der Waals surface area (Å²) < 4.78 is 24.7. The van der Waals surface area contributed by atoms with Crippen molar-refractivity contribution in [2.24, 2.45) is 5.92 Å². The molecule has 0 aromatic carbocycles. The van der Waals surface area contributed by atoms with E-state index in [4.69, 9.17) is 0 Å². The van der Waals surface area contributed by atoms with Crippen LogP contribution in [0.1, 0.15) is 57.8 Å². The van der Waals surface area contributed by atoms with Gasteiger partial charge in [-0.15, -0.1) is 12.4 Å². The number of halogens is 1. The lowest BCUT2D eigenvalue weighted by atomic mass is 9.97. The number of carbonyl (C=O) groups excluding carboxylic acids is 2. The van der Waals surface area contributed by atoms with E-state index in [-0.39, 0.29) is 53.6 Å². The molecule has 2 amide bonds. The molecular formula is C19H34ClN3O4S. The lowest BCUT2D eigenvalue weighted by Crippen LogP contribution is -2.47. The molecule has 3 rings (SSSR count). The number of hydrogen-bond donors (Lipinski definition) is 2. The summed E-state index contributed by atoms with van der Waals surface area (Å²) in [7, 11) is -3.15. The highest BCUT2D eigenvalue weighted by Crippen LogP contribution is 2.26. The maximum absolute atomic E-state index is 12.5. The average molecular weight is 436 g/mol. The van der Waals surface area contributed by atoms with Crippen molar-refractivity contribution < 1.29 is 18.0 Å². The van der Waals surface area contributed by atoms with Crippen LogP contribution < -0.4 is 10.6 Å². The minimum atomic E-state index is -3.15. The number of likely N-dealkylation sites (tertiary alicyclic amines) is 1. The van der Waals surface area contributed by atoms with Crippen molar-refractivity contribution in [3.05, 3.63) is 0 Å². The highest BCUT2D eigenvalue weighted by Gasteiger charge is 2.31. The van der Waals surface area contributed by atoms with E-state index in [9.17, 15) is 18.0 Å². The summed E-state index contributed by atoms with van der Waals surface area (Å²) in [6.07, 6.45) is 7.36. The zero-order valence-corrected chi connectivity index (χ0v) is 18.2. The Morgan fingerprint density at radius 2 is 1.79 bits per heavy atom. The fraction of sp³-hybridized carbons (Fsp3) is 0.895. The maximum atomic E-state index is 12.5. The highest BCUT2D eigenvalue weighted by molar-refractivity contribution is 7.92. The molecule has 2 atom stereocenters. The molecule has 0 bridgehead atoms. The molecule has 28 heavy (non-hydrogen) atoms. The molecule has 2 aliphatic heterocycles.